The topological polar surface area (TPSA) is 34.2 Å². The number of ether oxygens (including phenoxy) is 1. The fraction of sp³-hybridized carbons (Fsp3) is 0.400. The van der Waals surface area contributed by atoms with E-state index in [1.165, 1.54) is 6.07 Å². The van der Waals surface area contributed by atoms with Crippen LogP contribution in [0, 0.1) is 5.82 Å². The predicted molar refractivity (Wildman–Crippen MR) is 81.5 cm³/mol. The minimum atomic E-state index is -0.248. The Morgan fingerprint density at radius 1 is 1.45 bits per heavy atom. The lowest BCUT2D eigenvalue weighted by Gasteiger charge is -2.22. The van der Waals surface area contributed by atoms with Crippen molar-refractivity contribution < 1.29 is 9.13 Å². The number of rotatable bonds is 3. The summed E-state index contributed by atoms with van der Waals surface area (Å²) in [6.45, 7) is 4.06. The van der Waals surface area contributed by atoms with E-state index >= 15 is 0 Å². The summed E-state index contributed by atoms with van der Waals surface area (Å²) >= 11 is 3.47. The van der Waals surface area contributed by atoms with Crippen LogP contribution in [-0.4, -0.2) is 18.1 Å². The van der Waals surface area contributed by atoms with Crippen LogP contribution in [0.5, 0.6) is 0 Å². The van der Waals surface area contributed by atoms with Crippen LogP contribution in [-0.2, 0) is 17.8 Å². The molecule has 3 nitrogen and oxygen atoms in total. The van der Waals surface area contributed by atoms with Crippen molar-refractivity contribution >= 4 is 32.5 Å². The average Bonchev–Trinajstić information content (AvgIpc) is 2.48. The van der Waals surface area contributed by atoms with E-state index in [1.54, 1.807) is 6.07 Å². The zero-order chi connectivity index (χ0) is 14.1. The molecule has 0 saturated carbocycles. The van der Waals surface area contributed by atoms with E-state index in [1.807, 2.05) is 0 Å². The summed E-state index contributed by atoms with van der Waals surface area (Å²) in [5, 5.41) is 3.91. The number of hydrogen-bond acceptors (Lipinski definition) is 3. The summed E-state index contributed by atoms with van der Waals surface area (Å²) in [7, 11) is 0. The number of nitrogens with zero attached hydrogens (tertiary/aromatic N) is 1. The van der Waals surface area contributed by atoms with Gasteiger partial charge in [-0.1, -0.05) is 6.92 Å². The molecule has 20 heavy (non-hydrogen) atoms. The van der Waals surface area contributed by atoms with E-state index in [0.29, 0.717) is 24.1 Å². The van der Waals surface area contributed by atoms with E-state index in [9.17, 15) is 4.39 Å². The van der Waals surface area contributed by atoms with E-state index in [0.717, 1.165) is 40.8 Å². The molecule has 0 fully saturated rings. The third-order valence-corrected chi connectivity index (χ3v) is 4.15. The van der Waals surface area contributed by atoms with Gasteiger partial charge in [0, 0.05) is 23.0 Å². The van der Waals surface area contributed by atoms with Crippen LogP contribution >= 0.6 is 15.9 Å². The molecule has 0 amide bonds. The predicted octanol–water partition coefficient (Wildman–Crippen LogP) is 4.03. The molecule has 3 rings (SSSR count). The summed E-state index contributed by atoms with van der Waals surface area (Å²) in [5.74, 6) is -0.248. The molecule has 2 heterocycles. The Morgan fingerprint density at radius 3 is 3.10 bits per heavy atom. The highest BCUT2D eigenvalue weighted by atomic mass is 79.9. The maximum absolute atomic E-state index is 14.3. The summed E-state index contributed by atoms with van der Waals surface area (Å²) < 4.78 is 20.6. The molecular weight excluding hydrogens is 323 g/mol. The fourth-order valence-electron chi connectivity index (χ4n) is 2.54. The normalized spacial score (nSPS) is 14.3. The van der Waals surface area contributed by atoms with Crippen LogP contribution in [0.1, 0.15) is 24.6 Å². The van der Waals surface area contributed by atoms with Gasteiger partial charge in [0.15, 0.2) is 0 Å². The quantitative estimate of drug-likeness (QED) is 0.917. The lowest BCUT2D eigenvalue weighted by molar-refractivity contribution is 0.110. The molecular formula is C15H16BrFN2O. The molecule has 106 valence electrons. The van der Waals surface area contributed by atoms with Crippen LogP contribution in [0.3, 0.4) is 0 Å². The zero-order valence-corrected chi connectivity index (χ0v) is 12.9. The minimum Gasteiger partial charge on any atom is -0.384 e. The Morgan fingerprint density at radius 2 is 2.30 bits per heavy atom. The lowest BCUT2D eigenvalue weighted by atomic mass is 10.0. The first-order valence-electron chi connectivity index (χ1n) is 6.83. The van der Waals surface area contributed by atoms with Crippen molar-refractivity contribution in [2.75, 3.05) is 18.5 Å². The van der Waals surface area contributed by atoms with Gasteiger partial charge in [-0.15, -0.1) is 0 Å². The van der Waals surface area contributed by atoms with Crippen molar-refractivity contribution in [3.8, 4) is 0 Å². The monoisotopic (exact) mass is 338 g/mol. The fourth-order valence-corrected chi connectivity index (χ4v) is 2.96. The number of benzene rings is 1. The van der Waals surface area contributed by atoms with Gasteiger partial charge in [0.2, 0.25) is 0 Å². The number of aromatic nitrogens is 1. The van der Waals surface area contributed by atoms with E-state index in [4.69, 9.17) is 4.74 Å². The molecule has 2 aromatic rings. The molecule has 1 aromatic heterocycles. The second-order valence-corrected chi connectivity index (χ2v) is 5.75. The van der Waals surface area contributed by atoms with Gasteiger partial charge in [0.1, 0.15) is 5.82 Å². The van der Waals surface area contributed by atoms with E-state index in [-0.39, 0.29) is 5.82 Å². The minimum absolute atomic E-state index is 0.248. The van der Waals surface area contributed by atoms with Gasteiger partial charge >= 0.3 is 0 Å². The SMILES string of the molecule is CCCNc1c2c(nc3c(Br)ccc(F)c13)CCOC2. The molecule has 0 radical (unpaired) electrons. The second kappa shape index (κ2) is 5.66. The number of fused-ring (bicyclic) bond motifs is 2. The van der Waals surface area contributed by atoms with Gasteiger partial charge < -0.3 is 10.1 Å². The summed E-state index contributed by atoms with van der Waals surface area (Å²) in [5.41, 5.74) is 3.53. The van der Waals surface area contributed by atoms with Crippen molar-refractivity contribution in [1.29, 1.82) is 0 Å². The van der Waals surface area contributed by atoms with Crippen molar-refractivity contribution in [2.45, 2.75) is 26.4 Å². The highest BCUT2D eigenvalue weighted by molar-refractivity contribution is 9.10. The van der Waals surface area contributed by atoms with Crippen molar-refractivity contribution in [1.82, 2.24) is 4.98 Å². The molecule has 0 atom stereocenters. The Labute approximate surface area is 125 Å². The van der Waals surface area contributed by atoms with E-state index in [2.05, 4.69) is 33.2 Å². The number of halogens is 2. The lowest BCUT2D eigenvalue weighted by Crippen LogP contribution is -2.16. The van der Waals surface area contributed by atoms with Gasteiger partial charge in [0.25, 0.3) is 0 Å². The maximum atomic E-state index is 14.3. The van der Waals surface area contributed by atoms with Gasteiger partial charge in [-0.05, 0) is 34.5 Å². The van der Waals surface area contributed by atoms with Crippen LogP contribution in [0.15, 0.2) is 16.6 Å². The van der Waals surface area contributed by atoms with Gasteiger partial charge in [-0.3, -0.25) is 4.98 Å². The van der Waals surface area contributed by atoms with E-state index < -0.39 is 0 Å². The summed E-state index contributed by atoms with van der Waals surface area (Å²) in [6.07, 6.45) is 1.75. The largest absolute Gasteiger partial charge is 0.384 e. The third kappa shape index (κ3) is 2.29. The smallest absolute Gasteiger partial charge is 0.134 e. The molecule has 0 spiro atoms. The summed E-state index contributed by atoms with van der Waals surface area (Å²) in [4.78, 5) is 4.64. The molecule has 1 aromatic carbocycles. The highest BCUT2D eigenvalue weighted by Crippen LogP contribution is 2.36. The van der Waals surface area contributed by atoms with Crippen LogP contribution in [0.2, 0.25) is 0 Å². The Bertz CT molecular complexity index is 660. The molecule has 1 N–H and O–H groups in total. The van der Waals surface area contributed by atoms with Gasteiger partial charge in [-0.2, -0.15) is 0 Å². The highest BCUT2D eigenvalue weighted by Gasteiger charge is 2.21. The second-order valence-electron chi connectivity index (χ2n) is 4.89. The first kappa shape index (κ1) is 13.8. The molecule has 0 aliphatic carbocycles. The van der Waals surface area contributed by atoms with Crippen molar-refractivity contribution in [3.63, 3.8) is 0 Å². The van der Waals surface area contributed by atoms with Crippen LogP contribution in [0.25, 0.3) is 10.9 Å². The number of pyridine rings is 1. The molecule has 0 saturated heterocycles. The maximum Gasteiger partial charge on any atom is 0.134 e. The molecule has 1 aliphatic rings. The summed E-state index contributed by atoms with van der Waals surface area (Å²) in [6, 6.07) is 3.18. The first-order valence-corrected chi connectivity index (χ1v) is 7.62. The first-order chi connectivity index (χ1) is 9.72. The Hall–Kier alpha value is -1.20. The van der Waals surface area contributed by atoms with Crippen LogP contribution in [0.4, 0.5) is 10.1 Å². The molecule has 0 unspecified atom stereocenters. The van der Waals surface area contributed by atoms with Crippen molar-refractivity contribution in [2.24, 2.45) is 0 Å². The number of nitrogens with one attached hydrogen (secondary N) is 1. The standard InChI is InChI=1S/C15H16BrFN2O/c1-2-6-18-14-9-8-20-7-5-12(9)19-15-10(16)3-4-11(17)13(14)15/h3-4H,2,5-8H2,1H3,(H,18,19). The average molecular weight is 339 g/mol. The number of hydrogen-bond donors (Lipinski definition) is 1. The molecule has 0 bridgehead atoms. The Kier molecular flexibility index (Phi) is 3.89. The zero-order valence-electron chi connectivity index (χ0n) is 11.3. The van der Waals surface area contributed by atoms with Crippen LogP contribution < -0.4 is 5.32 Å². The molecule has 1 aliphatic heterocycles. The van der Waals surface area contributed by atoms with Gasteiger partial charge in [0.05, 0.1) is 35.5 Å². The molecule has 5 heteroatoms. The number of anilines is 1. The van der Waals surface area contributed by atoms with Crippen molar-refractivity contribution in [3.05, 3.63) is 33.7 Å². The van der Waals surface area contributed by atoms with Gasteiger partial charge in [-0.25, -0.2) is 4.39 Å². The Balaban J connectivity index is 2.30. The third-order valence-electron chi connectivity index (χ3n) is 3.51.